The fourth-order valence-corrected chi connectivity index (χ4v) is 5.06. The summed E-state index contributed by atoms with van der Waals surface area (Å²) < 4.78 is 35.7. The Morgan fingerprint density at radius 2 is 1.53 bits per heavy atom. The van der Waals surface area contributed by atoms with Gasteiger partial charge < -0.3 is 10.1 Å². The summed E-state index contributed by atoms with van der Waals surface area (Å²) in [7, 11) is -4.02. The number of Topliss-reactive ketones (excluding diaryl/α,β-unsaturated/α-hetero) is 1. The lowest BCUT2D eigenvalue weighted by Gasteiger charge is -2.21. The van der Waals surface area contributed by atoms with Gasteiger partial charge in [-0.05, 0) is 69.2 Å². The highest BCUT2D eigenvalue weighted by atomic mass is 32.2. The van der Waals surface area contributed by atoms with Crippen LogP contribution in [0.15, 0.2) is 81.7 Å². The predicted octanol–water partition coefficient (Wildman–Crippen LogP) is 5.38. The number of fused-ring (bicyclic) bond motifs is 1. The van der Waals surface area contributed by atoms with Crippen LogP contribution in [0, 0.1) is 20.8 Å². The number of hydrogen-bond donors (Lipinski definition) is 1. The molecular weight excluding hydrogens is 448 g/mol. The highest BCUT2D eigenvalue weighted by molar-refractivity contribution is 7.90. The highest BCUT2D eigenvalue weighted by Gasteiger charge is 2.27. The Kier molecular flexibility index (Phi) is 6.39. The number of rotatable bonds is 6. The molecule has 1 aliphatic rings. The van der Waals surface area contributed by atoms with Crippen molar-refractivity contribution < 1.29 is 17.9 Å². The average molecular weight is 475 g/mol. The van der Waals surface area contributed by atoms with Gasteiger partial charge in [-0.3, -0.25) is 4.79 Å². The smallest absolute Gasteiger partial charge is 0.282 e. The third-order valence-electron chi connectivity index (χ3n) is 5.56. The summed E-state index contributed by atoms with van der Waals surface area (Å²) in [6.45, 7) is 8.29. The SMILES string of the molecule is CCOc1ccc(S(=O)(=O)N=C2C=C(Nc3c(C)cc(C)cc3C)C(=O)c3ccccc32)cc1. The molecule has 0 aromatic heterocycles. The number of nitrogens with zero attached hydrogens (tertiary/aromatic N) is 1. The van der Waals surface area contributed by atoms with Gasteiger partial charge in [-0.15, -0.1) is 0 Å². The van der Waals surface area contributed by atoms with E-state index < -0.39 is 10.0 Å². The Balaban J connectivity index is 1.79. The molecule has 4 rings (SSSR count). The summed E-state index contributed by atoms with van der Waals surface area (Å²) in [6.07, 6.45) is 1.51. The van der Waals surface area contributed by atoms with Crippen molar-refractivity contribution in [2.24, 2.45) is 4.40 Å². The molecule has 34 heavy (non-hydrogen) atoms. The third-order valence-corrected chi connectivity index (χ3v) is 6.87. The Morgan fingerprint density at radius 1 is 0.912 bits per heavy atom. The van der Waals surface area contributed by atoms with Crippen LogP contribution in [0.5, 0.6) is 5.75 Å². The standard InChI is InChI=1S/C27H26N2O4S/c1-5-33-20-10-12-21(13-11-20)34(31,32)29-24-16-25(27(30)23-9-7-6-8-22(23)24)28-26-18(3)14-17(2)15-19(26)4/h6-16,28H,5H2,1-4H3. The molecule has 0 aliphatic heterocycles. The van der Waals surface area contributed by atoms with Gasteiger partial charge in [0, 0.05) is 16.8 Å². The number of anilines is 1. The monoisotopic (exact) mass is 474 g/mol. The van der Waals surface area contributed by atoms with Crippen LogP contribution >= 0.6 is 0 Å². The fraction of sp³-hybridized carbons (Fsp3) is 0.185. The van der Waals surface area contributed by atoms with E-state index >= 15 is 0 Å². The van der Waals surface area contributed by atoms with E-state index in [-0.39, 0.29) is 22.1 Å². The van der Waals surface area contributed by atoms with Gasteiger partial charge in [0.2, 0.25) is 5.78 Å². The second-order valence-corrected chi connectivity index (χ2v) is 9.79. The Morgan fingerprint density at radius 3 is 2.15 bits per heavy atom. The van der Waals surface area contributed by atoms with Crippen LogP contribution in [0.1, 0.15) is 39.5 Å². The zero-order valence-electron chi connectivity index (χ0n) is 19.5. The lowest BCUT2D eigenvalue weighted by molar-refractivity contribution is 0.103. The number of ketones is 1. The molecular formula is C27H26N2O4S. The van der Waals surface area contributed by atoms with E-state index in [1.54, 1.807) is 36.4 Å². The summed E-state index contributed by atoms with van der Waals surface area (Å²) in [5.74, 6) is 0.366. The van der Waals surface area contributed by atoms with E-state index in [0.29, 0.717) is 23.5 Å². The molecule has 1 aliphatic carbocycles. The largest absolute Gasteiger partial charge is 0.494 e. The maximum absolute atomic E-state index is 13.2. The number of sulfonamides is 1. The van der Waals surface area contributed by atoms with Crippen LogP contribution in [0.4, 0.5) is 5.69 Å². The van der Waals surface area contributed by atoms with E-state index in [0.717, 1.165) is 22.4 Å². The van der Waals surface area contributed by atoms with Crippen molar-refractivity contribution in [2.45, 2.75) is 32.6 Å². The summed E-state index contributed by atoms with van der Waals surface area (Å²) in [4.78, 5) is 13.3. The van der Waals surface area contributed by atoms with E-state index in [2.05, 4.69) is 9.71 Å². The van der Waals surface area contributed by atoms with E-state index in [1.165, 1.54) is 18.2 Å². The highest BCUT2D eigenvalue weighted by Crippen LogP contribution is 2.28. The van der Waals surface area contributed by atoms with Gasteiger partial charge in [0.15, 0.2) is 0 Å². The molecule has 0 spiro atoms. The van der Waals surface area contributed by atoms with Crippen LogP contribution in [0.3, 0.4) is 0 Å². The number of nitrogens with one attached hydrogen (secondary N) is 1. The van der Waals surface area contributed by atoms with Crippen LogP contribution in [0.25, 0.3) is 0 Å². The molecule has 0 atom stereocenters. The van der Waals surface area contributed by atoms with Gasteiger partial charge in [-0.1, -0.05) is 42.0 Å². The van der Waals surface area contributed by atoms with Crippen molar-refractivity contribution in [3.63, 3.8) is 0 Å². The minimum absolute atomic E-state index is 0.0472. The van der Waals surface area contributed by atoms with E-state index in [9.17, 15) is 13.2 Å². The normalized spacial score (nSPS) is 14.5. The van der Waals surface area contributed by atoms with Crippen LogP contribution in [-0.2, 0) is 10.0 Å². The minimum atomic E-state index is -4.02. The molecule has 0 saturated carbocycles. The van der Waals surface area contributed by atoms with Gasteiger partial charge in [0.1, 0.15) is 5.75 Å². The second-order valence-electron chi connectivity index (χ2n) is 8.19. The van der Waals surface area contributed by atoms with Crippen molar-refractivity contribution in [2.75, 3.05) is 11.9 Å². The first-order chi connectivity index (χ1) is 16.2. The van der Waals surface area contributed by atoms with Crippen molar-refractivity contribution in [3.8, 4) is 5.75 Å². The van der Waals surface area contributed by atoms with Crippen LogP contribution < -0.4 is 10.1 Å². The zero-order chi connectivity index (χ0) is 24.5. The van der Waals surface area contributed by atoms with Crippen LogP contribution in [0.2, 0.25) is 0 Å². The second kappa shape index (κ2) is 9.27. The summed E-state index contributed by atoms with van der Waals surface area (Å²) in [5.41, 5.74) is 5.27. The molecule has 0 heterocycles. The van der Waals surface area contributed by atoms with Gasteiger partial charge in [-0.25, -0.2) is 0 Å². The number of benzene rings is 3. The van der Waals surface area contributed by atoms with Gasteiger partial charge >= 0.3 is 0 Å². The van der Waals surface area contributed by atoms with Crippen molar-refractivity contribution in [3.05, 3.63) is 100 Å². The summed E-state index contributed by atoms with van der Waals surface area (Å²) >= 11 is 0. The number of ether oxygens (including phenoxy) is 1. The summed E-state index contributed by atoms with van der Waals surface area (Å²) in [6, 6.07) is 17.1. The van der Waals surface area contributed by atoms with Crippen LogP contribution in [-0.4, -0.2) is 26.5 Å². The first kappa shape index (κ1) is 23.4. The minimum Gasteiger partial charge on any atom is -0.494 e. The van der Waals surface area contributed by atoms with Gasteiger partial charge in [0.05, 0.1) is 22.9 Å². The quantitative estimate of drug-likeness (QED) is 0.518. The molecule has 3 aromatic carbocycles. The molecule has 7 heteroatoms. The van der Waals surface area contributed by atoms with Gasteiger partial charge in [-0.2, -0.15) is 12.8 Å². The maximum Gasteiger partial charge on any atom is 0.282 e. The molecule has 0 saturated heterocycles. The number of aryl methyl sites for hydroxylation is 3. The first-order valence-corrected chi connectivity index (χ1v) is 12.4. The Hall–Kier alpha value is -3.71. The zero-order valence-corrected chi connectivity index (χ0v) is 20.4. The van der Waals surface area contributed by atoms with Gasteiger partial charge in [0.25, 0.3) is 10.0 Å². The Bertz CT molecular complexity index is 1410. The topological polar surface area (TPSA) is 84.8 Å². The van der Waals surface area contributed by atoms with Crippen molar-refractivity contribution in [1.29, 1.82) is 0 Å². The number of hydrogen-bond acceptors (Lipinski definition) is 5. The number of carbonyl (C=O) groups is 1. The molecule has 0 unspecified atom stereocenters. The molecule has 0 amide bonds. The van der Waals surface area contributed by atoms with Crippen molar-refractivity contribution in [1.82, 2.24) is 0 Å². The summed E-state index contributed by atoms with van der Waals surface area (Å²) in [5, 5.41) is 3.23. The lowest BCUT2D eigenvalue weighted by Crippen LogP contribution is -2.23. The predicted molar refractivity (Wildman–Crippen MR) is 134 cm³/mol. The molecule has 3 aromatic rings. The van der Waals surface area contributed by atoms with E-state index in [4.69, 9.17) is 4.74 Å². The molecule has 174 valence electrons. The molecule has 0 fully saturated rings. The molecule has 6 nitrogen and oxygen atoms in total. The number of allylic oxidation sites excluding steroid dienone is 2. The molecule has 0 bridgehead atoms. The average Bonchev–Trinajstić information content (AvgIpc) is 2.79. The number of carbonyl (C=O) groups excluding carboxylic acids is 1. The molecule has 0 radical (unpaired) electrons. The fourth-order valence-electron chi connectivity index (χ4n) is 4.07. The lowest BCUT2D eigenvalue weighted by atomic mass is 9.92. The third kappa shape index (κ3) is 4.65. The first-order valence-electron chi connectivity index (χ1n) is 11.0. The molecule has 1 N–H and O–H groups in total. The van der Waals surface area contributed by atoms with E-state index in [1.807, 2.05) is 39.8 Å². The van der Waals surface area contributed by atoms with Crippen molar-refractivity contribution >= 4 is 27.2 Å². The Labute approximate surface area is 200 Å². The maximum atomic E-state index is 13.2.